The molecule has 4 heterocycles. The Morgan fingerprint density at radius 2 is 1.75 bits per heavy atom. The van der Waals surface area contributed by atoms with Gasteiger partial charge in [0.25, 0.3) is 5.56 Å². The Morgan fingerprint density at radius 3 is 2.47 bits per heavy atom. The standard InChI is InChI=1S/C25H32N6O5/c1-17-16-31-21-22(27(2)25(33)30(23(21)32)10-9-28-11-13-36-14-12-28)26-24(31)29(17)8-7-18-5-6-19(34-3)20(15-18)35-4/h5-6,15-16H,7-14H2,1-4H3. The van der Waals surface area contributed by atoms with Gasteiger partial charge in [-0.3, -0.25) is 23.2 Å². The van der Waals surface area contributed by atoms with E-state index >= 15 is 0 Å². The summed E-state index contributed by atoms with van der Waals surface area (Å²) in [6, 6.07) is 5.87. The van der Waals surface area contributed by atoms with Gasteiger partial charge in [0.1, 0.15) is 0 Å². The highest BCUT2D eigenvalue weighted by atomic mass is 16.5. The number of benzene rings is 1. The van der Waals surface area contributed by atoms with E-state index in [2.05, 4.69) is 9.47 Å². The molecule has 0 aliphatic carbocycles. The smallest absolute Gasteiger partial charge is 0.332 e. The molecule has 0 spiro atoms. The van der Waals surface area contributed by atoms with Gasteiger partial charge in [0.15, 0.2) is 22.7 Å². The molecule has 0 unspecified atom stereocenters. The van der Waals surface area contributed by atoms with Crippen molar-refractivity contribution < 1.29 is 14.2 Å². The molecule has 36 heavy (non-hydrogen) atoms. The number of hydrogen-bond donors (Lipinski definition) is 0. The van der Waals surface area contributed by atoms with Crippen molar-refractivity contribution >= 4 is 16.9 Å². The van der Waals surface area contributed by atoms with Crippen LogP contribution in [0.25, 0.3) is 16.9 Å². The zero-order valence-corrected chi connectivity index (χ0v) is 21.2. The van der Waals surface area contributed by atoms with Crippen LogP contribution in [0, 0.1) is 6.92 Å². The van der Waals surface area contributed by atoms with E-state index in [0.717, 1.165) is 30.8 Å². The average Bonchev–Trinajstić information content (AvgIpc) is 3.41. The van der Waals surface area contributed by atoms with E-state index in [1.54, 1.807) is 21.3 Å². The first-order valence-corrected chi connectivity index (χ1v) is 12.1. The molecule has 3 aromatic heterocycles. The highest BCUT2D eigenvalue weighted by molar-refractivity contribution is 5.75. The SMILES string of the molecule is COc1ccc(CCn2c(C)cn3c4c(=O)n(CCN5CCOCC5)c(=O)n(C)c4nc23)cc1OC. The van der Waals surface area contributed by atoms with E-state index in [1.807, 2.05) is 35.7 Å². The summed E-state index contributed by atoms with van der Waals surface area (Å²) >= 11 is 0. The fraction of sp³-hybridized carbons (Fsp3) is 0.480. The van der Waals surface area contributed by atoms with Gasteiger partial charge in [-0.25, -0.2) is 4.79 Å². The number of aryl methyl sites for hydroxylation is 4. The lowest BCUT2D eigenvalue weighted by molar-refractivity contribution is 0.0361. The summed E-state index contributed by atoms with van der Waals surface area (Å²) in [6.07, 6.45) is 2.65. The number of rotatable bonds is 8. The van der Waals surface area contributed by atoms with Crippen molar-refractivity contribution in [1.82, 2.24) is 28.0 Å². The predicted octanol–water partition coefficient (Wildman–Crippen LogP) is 1.05. The Hall–Kier alpha value is -3.57. The number of ether oxygens (including phenoxy) is 3. The summed E-state index contributed by atoms with van der Waals surface area (Å²) in [6.45, 7) is 6.54. The number of aromatic nitrogens is 5. The normalized spacial score (nSPS) is 14.7. The molecule has 1 aliphatic heterocycles. The monoisotopic (exact) mass is 496 g/mol. The van der Waals surface area contributed by atoms with Crippen molar-refractivity contribution in [2.75, 3.05) is 47.1 Å². The molecule has 5 rings (SSSR count). The van der Waals surface area contributed by atoms with Crippen LogP contribution in [0.15, 0.2) is 34.0 Å². The number of fused-ring (bicyclic) bond motifs is 3. The molecule has 0 N–H and O–H groups in total. The Balaban J connectivity index is 1.48. The first-order chi connectivity index (χ1) is 17.4. The second kappa shape index (κ2) is 9.82. The second-order valence-corrected chi connectivity index (χ2v) is 9.07. The van der Waals surface area contributed by atoms with Gasteiger partial charge in [-0.1, -0.05) is 6.07 Å². The molecule has 0 bridgehead atoms. The lowest BCUT2D eigenvalue weighted by Gasteiger charge is -2.26. The Kier molecular flexibility index (Phi) is 6.59. The number of hydrogen-bond acceptors (Lipinski definition) is 7. The Bertz CT molecular complexity index is 1520. The topological polar surface area (TPSA) is 97.2 Å². The molecule has 1 fully saturated rings. The van der Waals surface area contributed by atoms with Gasteiger partial charge >= 0.3 is 5.69 Å². The average molecular weight is 497 g/mol. The van der Waals surface area contributed by atoms with Crippen LogP contribution in [0.3, 0.4) is 0 Å². The van der Waals surface area contributed by atoms with Crippen LogP contribution >= 0.6 is 0 Å². The molecule has 0 radical (unpaired) electrons. The van der Waals surface area contributed by atoms with Gasteiger partial charge in [-0.15, -0.1) is 0 Å². The molecule has 1 aromatic carbocycles. The number of methoxy groups -OCH3 is 2. The maximum atomic E-state index is 13.5. The van der Waals surface area contributed by atoms with Crippen molar-refractivity contribution in [2.45, 2.75) is 26.4 Å². The van der Waals surface area contributed by atoms with Crippen molar-refractivity contribution in [3.8, 4) is 11.5 Å². The van der Waals surface area contributed by atoms with Crippen LogP contribution in [-0.4, -0.2) is 75.1 Å². The van der Waals surface area contributed by atoms with Crippen molar-refractivity contribution in [3.05, 3.63) is 56.5 Å². The third-order valence-electron chi connectivity index (χ3n) is 6.96. The molecule has 1 aliphatic rings. The van der Waals surface area contributed by atoms with Gasteiger partial charge in [0, 0.05) is 51.7 Å². The molecule has 192 valence electrons. The predicted molar refractivity (Wildman–Crippen MR) is 135 cm³/mol. The molecule has 4 aromatic rings. The van der Waals surface area contributed by atoms with Crippen molar-refractivity contribution in [2.24, 2.45) is 7.05 Å². The minimum Gasteiger partial charge on any atom is -0.493 e. The van der Waals surface area contributed by atoms with Crippen molar-refractivity contribution in [3.63, 3.8) is 0 Å². The van der Waals surface area contributed by atoms with Crippen LogP contribution in [0.1, 0.15) is 11.3 Å². The second-order valence-electron chi connectivity index (χ2n) is 9.07. The third-order valence-corrected chi connectivity index (χ3v) is 6.96. The molecule has 1 saturated heterocycles. The fourth-order valence-corrected chi connectivity index (χ4v) is 4.87. The molecule has 11 nitrogen and oxygen atoms in total. The van der Waals surface area contributed by atoms with Gasteiger partial charge in [0.05, 0.1) is 27.4 Å². The third kappa shape index (κ3) is 4.18. The highest BCUT2D eigenvalue weighted by Crippen LogP contribution is 2.28. The first kappa shape index (κ1) is 24.1. The minimum atomic E-state index is -0.352. The van der Waals surface area contributed by atoms with Crippen LogP contribution in [0.2, 0.25) is 0 Å². The van der Waals surface area contributed by atoms with E-state index in [4.69, 9.17) is 19.2 Å². The number of imidazole rings is 2. The zero-order valence-electron chi connectivity index (χ0n) is 21.2. The largest absolute Gasteiger partial charge is 0.493 e. The Labute approximate surface area is 208 Å². The van der Waals surface area contributed by atoms with Crippen LogP contribution < -0.4 is 20.7 Å². The molecule has 0 amide bonds. The van der Waals surface area contributed by atoms with Crippen LogP contribution in [0.5, 0.6) is 11.5 Å². The van der Waals surface area contributed by atoms with Crippen LogP contribution in [-0.2, 0) is 31.3 Å². The van der Waals surface area contributed by atoms with Gasteiger partial charge < -0.3 is 18.8 Å². The lowest BCUT2D eigenvalue weighted by atomic mass is 10.1. The summed E-state index contributed by atoms with van der Waals surface area (Å²) in [5.41, 5.74) is 2.21. The maximum Gasteiger partial charge on any atom is 0.332 e. The fourth-order valence-electron chi connectivity index (χ4n) is 4.87. The maximum absolute atomic E-state index is 13.5. The molecule has 0 atom stereocenters. The molecule has 11 heteroatoms. The molecular formula is C25H32N6O5. The summed E-state index contributed by atoms with van der Waals surface area (Å²) < 4.78 is 22.8. The highest BCUT2D eigenvalue weighted by Gasteiger charge is 2.21. The van der Waals surface area contributed by atoms with E-state index in [1.165, 1.54) is 9.13 Å². The lowest BCUT2D eigenvalue weighted by Crippen LogP contribution is -2.44. The van der Waals surface area contributed by atoms with E-state index < -0.39 is 0 Å². The number of nitrogens with zero attached hydrogens (tertiary/aromatic N) is 6. The molecular weight excluding hydrogens is 464 g/mol. The first-order valence-electron chi connectivity index (χ1n) is 12.1. The summed E-state index contributed by atoms with van der Waals surface area (Å²) in [7, 11) is 4.91. The van der Waals surface area contributed by atoms with Gasteiger partial charge in [-0.2, -0.15) is 4.98 Å². The Morgan fingerprint density at radius 1 is 1.00 bits per heavy atom. The quantitative estimate of drug-likeness (QED) is 0.360. The number of morpholine rings is 1. The van der Waals surface area contributed by atoms with E-state index in [9.17, 15) is 9.59 Å². The minimum absolute atomic E-state index is 0.314. The van der Waals surface area contributed by atoms with Crippen LogP contribution in [0.4, 0.5) is 0 Å². The van der Waals surface area contributed by atoms with Crippen molar-refractivity contribution in [1.29, 1.82) is 0 Å². The zero-order chi connectivity index (χ0) is 25.4. The van der Waals surface area contributed by atoms with E-state index in [0.29, 0.717) is 61.3 Å². The summed E-state index contributed by atoms with van der Waals surface area (Å²) in [5, 5.41) is 0. The molecule has 0 saturated carbocycles. The van der Waals surface area contributed by atoms with Gasteiger partial charge in [0.2, 0.25) is 5.78 Å². The summed E-state index contributed by atoms with van der Waals surface area (Å²) in [4.78, 5) is 33.5. The summed E-state index contributed by atoms with van der Waals surface area (Å²) in [5.74, 6) is 2.01. The van der Waals surface area contributed by atoms with Gasteiger partial charge in [-0.05, 0) is 31.0 Å². The van der Waals surface area contributed by atoms with E-state index in [-0.39, 0.29) is 11.2 Å².